The molecule has 45 heavy (non-hydrogen) atoms. The number of amides is 2. The summed E-state index contributed by atoms with van der Waals surface area (Å²) in [5, 5.41) is 26.2. The molecule has 0 aromatic heterocycles. The number of rotatable bonds is 10. The van der Waals surface area contributed by atoms with E-state index in [-0.39, 0.29) is 24.4 Å². The van der Waals surface area contributed by atoms with Crippen LogP contribution in [0.1, 0.15) is 36.7 Å². The Hall–Kier alpha value is -4.95. The number of aliphatic hydroxyl groups is 2. The summed E-state index contributed by atoms with van der Waals surface area (Å²) in [5.74, 6) is -3.95. The largest absolute Gasteiger partial charge is 0.513 e. The van der Waals surface area contributed by atoms with Gasteiger partial charge in [-0.3, -0.25) is 19.2 Å². The lowest BCUT2D eigenvalue weighted by atomic mass is 9.99. The summed E-state index contributed by atoms with van der Waals surface area (Å²) < 4.78 is 21.9. The fourth-order valence-corrected chi connectivity index (χ4v) is 5.35. The fourth-order valence-electron chi connectivity index (χ4n) is 5.35. The molecular weight excluding hydrogens is 590 g/mol. The van der Waals surface area contributed by atoms with Crippen LogP contribution in [0.25, 0.3) is 10.8 Å². The highest BCUT2D eigenvalue weighted by molar-refractivity contribution is 6.08. The quantitative estimate of drug-likeness (QED) is 0.127. The van der Waals surface area contributed by atoms with Crippen molar-refractivity contribution in [1.29, 1.82) is 0 Å². The Bertz CT molecular complexity index is 1680. The third kappa shape index (κ3) is 6.06. The van der Waals surface area contributed by atoms with Crippen LogP contribution in [0.5, 0.6) is 5.75 Å². The molecule has 3 aliphatic rings. The van der Waals surface area contributed by atoms with Crippen LogP contribution < -0.4 is 15.4 Å². The van der Waals surface area contributed by atoms with E-state index in [1.807, 2.05) is 13.0 Å². The monoisotopic (exact) mass is 623 g/mol. The number of ketones is 1. The number of aryl methyl sites for hydroxylation is 1. The van der Waals surface area contributed by atoms with Crippen molar-refractivity contribution in [3.8, 4) is 5.75 Å². The van der Waals surface area contributed by atoms with E-state index >= 15 is 0 Å². The van der Waals surface area contributed by atoms with Gasteiger partial charge in [0.1, 0.15) is 35.1 Å². The van der Waals surface area contributed by atoms with Gasteiger partial charge in [0.05, 0.1) is 31.0 Å². The number of carbonyl (C=O) groups is 5. The first kappa shape index (κ1) is 31.5. The summed E-state index contributed by atoms with van der Waals surface area (Å²) in [6.07, 6.45) is -3.74. The van der Waals surface area contributed by atoms with E-state index in [0.29, 0.717) is 17.4 Å². The van der Waals surface area contributed by atoms with E-state index in [4.69, 9.17) is 18.9 Å². The molecule has 3 aliphatic heterocycles. The van der Waals surface area contributed by atoms with Gasteiger partial charge in [-0.05, 0) is 42.3 Å². The van der Waals surface area contributed by atoms with E-state index in [1.165, 1.54) is 13.2 Å². The van der Waals surface area contributed by atoms with E-state index < -0.39 is 70.9 Å². The van der Waals surface area contributed by atoms with Gasteiger partial charge in [-0.25, -0.2) is 4.79 Å². The second kappa shape index (κ2) is 11.9. The first-order valence-corrected chi connectivity index (χ1v) is 14.1. The van der Waals surface area contributed by atoms with Crippen LogP contribution >= 0.6 is 0 Å². The number of carbonyl (C=O) groups excluding carboxylic acids is 5. The molecule has 0 aliphatic carbocycles. The van der Waals surface area contributed by atoms with Gasteiger partial charge in [0.15, 0.2) is 11.9 Å². The van der Waals surface area contributed by atoms with Crippen molar-refractivity contribution in [2.24, 2.45) is 0 Å². The number of aliphatic hydroxyl groups excluding tert-OH is 2. The Morgan fingerprint density at radius 1 is 1.13 bits per heavy atom. The van der Waals surface area contributed by atoms with Gasteiger partial charge >= 0.3 is 11.9 Å². The van der Waals surface area contributed by atoms with Crippen molar-refractivity contribution in [3.63, 3.8) is 0 Å². The number of hydrogen-bond acceptors (Lipinski definition) is 12. The number of allylic oxidation sites excluding steroid dienone is 1. The molecule has 0 saturated carbocycles. The van der Waals surface area contributed by atoms with Crippen LogP contribution in [0.3, 0.4) is 0 Å². The van der Waals surface area contributed by atoms with Crippen molar-refractivity contribution in [3.05, 3.63) is 64.8 Å². The molecule has 0 spiro atoms. The Morgan fingerprint density at radius 3 is 2.44 bits per heavy atom. The van der Waals surface area contributed by atoms with Crippen molar-refractivity contribution in [1.82, 2.24) is 15.5 Å². The highest BCUT2D eigenvalue weighted by Crippen LogP contribution is 2.42. The van der Waals surface area contributed by atoms with Crippen molar-refractivity contribution < 1.29 is 53.1 Å². The van der Waals surface area contributed by atoms with Gasteiger partial charge in [-0.15, -0.1) is 0 Å². The number of ether oxygens (including phenoxy) is 4. The number of esters is 2. The minimum absolute atomic E-state index is 0.0319. The summed E-state index contributed by atoms with van der Waals surface area (Å²) in [6.45, 7) is 5.99. The van der Waals surface area contributed by atoms with Gasteiger partial charge in [0, 0.05) is 20.4 Å². The fraction of sp³-hybridized carbons (Fsp3) is 0.387. The summed E-state index contributed by atoms with van der Waals surface area (Å²) in [6, 6.07) is 8.16. The summed E-state index contributed by atoms with van der Waals surface area (Å²) >= 11 is 0. The average molecular weight is 624 g/mol. The molecule has 3 fully saturated rings. The SMILES string of the molecule is COc1cc(C(=O)O[C@H](C(=O)N/C(C(=O)N/C(=C\O)C(C)=O)=C2\[C@@H](OC(C)=O)[C@H](O)[C@@H]3CN23)[C@]2(C)CO2)c2cccc(C)c2c1. The molecule has 0 unspecified atom stereocenters. The predicted octanol–water partition coefficient (Wildman–Crippen LogP) is 0.894. The molecule has 2 aromatic rings. The molecule has 2 aromatic carbocycles. The standard InChI is InChI=1S/C31H33N3O11/c1-14-7-6-8-18-19(14)9-17(42-5)10-20(18)30(41)45-27(31(4)13-43-31)29(40)33-23(28(39)32-21(12-35)15(2)36)24-26(44-16(3)37)25(38)22-11-34(22)24/h6-10,12,22,25-27,35,38H,11,13H2,1-5H3,(H,32,39)(H,33,40)/b21-12-,24-23+/t22-,25+,26+,27+,31-,34?/m0/s1. The zero-order chi connectivity index (χ0) is 32.8. The Morgan fingerprint density at radius 2 is 1.84 bits per heavy atom. The van der Waals surface area contributed by atoms with E-state index in [0.717, 1.165) is 24.8 Å². The van der Waals surface area contributed by atoms with Crippen LogP contribution in [0.15, 0.2) is 53.7 Å². The molecule has 0 bridgehead atoms. The van der Waals surface area contributed by atoms with Gasteiger partial charge in [0.2, 0.25) is 6.10 Å². The van der Waals surface area contributed by atoms with Gasteiger partial charge < -0.3 is 44.7 Å². The number of nitrogens with zero attached hydrogens (tertiary/aromatic N) is 1. The third-order valence-electron chi connectivity index (χ3n) is 7.98. The molecule has 238 valence electrons. The third-order valence-corrected chi connectivity index (χ3v) is 7.98. The normalized spacial score (nSPS) is 25.1. The first-order chi connectivity index (χ1) is 21.3. The van der Waals surface area contributed by atoms with Crippen LogP contribution in [0.2, 0.25) is 0 Å². The summed E-state index contributed by atoms with van der Waals surface area (Å²) in [4.78, 5) is 66.4. The Balaban J connectivity index is 1.51. The number of Topliss-reactive ketones (excluding diaryl/α,β-unsaturated/α-hetero) is 1. The van der Waals surface area contributed by atoms with Crippen LogP contribution in [0, 0.1) is 6.92 Å². The summed E-state index contributed by atoms with van der Waals surface area (Å²) in [7, 11) is 1.46. The molecular formula is C31H33N3O11. The molecule has 5 atom stereocenters. The number of epoxide rings is 1. The van der Waals surface area contributed by atoms with Crippen molar-refractivity contribution >= 4 is 40.3 Å². The molecule has 2 amide bonds. The minimum atomic E-state index is -1.58. The number of hydrogen-bond donors (Lipinski definition) is 4. The lowest BCUT2D eigenvalue weighted by molar-refractivity contribution is -0.148. The van der Waals surface area contributed by atoms with E-state index in [9.17, 15) is 34.2 Å². The average Bonchev–Trinajstić information content (AvgIpc) is 3.92. The Labute approximate surface area is 257 Å². The zero-order valence-electron chi connectivity index (χ0n) is 25.2. The molecule has 3 heterocycles. The molecule has 5 rings (SSSR count). The number of nitrogens with one attached hydrogen (secondary N) is 2. The minimum Gasteiger partial charge on any atom is -0.513 e. The summed E-state index contributed by atoms with van der Waals surface area (Å²) in [5.41, 5.74) is -1.25. The first-order valence-electron chi connectivity index (χ1n) is 14.1. The van der Waals surface area contributed by atoms with E-state index in [2.05, 4.69) is 10.6 Å². The molecule has 3 saturated heterocycles. The van der Waals surface area contributed by atoms with E-state index in [1.54, 1.807) is 30.0 Å². The molecule has 0 radical (unpaired) electrons. The maximum atomic E-state index is 13.9. The lowest BCUT2D eigenvalue weighted by Gasteiger charge is -2.25. The topological polar surface area (TPSA) is 193 Å². The van der Waals surface area contributed by atoms with Crippen LogP contribution in [-0.2, 0) is 33.4 Å². The van der Waals surface area contributed by atoms with Gasteiger partial charge in [-0.2, -0.15) is 0 Å². The van der Waals surface area contributed by atoms with Gasteiger partial charge in [-0.1, -0.05) is 18.2 Å². The smallest absolute Gasteiger partial charge is 0.339 e. The van der Waals surface area contributed by atoms with Crippen LogP contribution in [-0.4, -0.2) is 94.9 Å². The van der Waals surface area contributed by atoms with Crippen molar-refractivity contribution in [2.75, 3.05) is 20.3 Å². The maximum absolute atomic E-state index is 13.9. The zero-order valence-corrected chi connectivity index (χ0v) is 25.2. The second-order valence-corrected chi connectivity index (χ2v) is 11.3. The van der Waals surface area contributed by atoms with Crippen molar-refractivity contribution in [2.45, 2.75) is 57.6 Å². The molecule has 14 heteroatoms. The highest BCUT2D eigenvalue weighted by atomic mass is 16.6. The number of benzene rings is 2. The number of fused-ring (bicyclic) bond motifs is 2. The number of piperidine rings is 1. The number of methoxy groups -OCH3 is 1. The molecule has 14 nitrogen and oxygen atoms in total. The highest BCUT2D eigenvalue weighted by Gasteiger charge is 2.59. The Kier molecular flexibility index (Phi) is 8.29. The van der Waals surface area contributed by atoms with Crippen LogP contribution in [0.4, 0.5) is 0 Å². The predicted molar refractivity (Wildman–Crippen MR) is 156 cm³/mol. The lowest BCUT2D eigenvalue weighted by Crippen LogP contribution is -2.49. The second-order valence-electron chi connectivity index (χ2n) is 11.3. The van der Waals surface area contributed by atoms with Gasteiger partial charge in [0.25, 0.3) is 11.8 Å². The maximum Gasteiger partial charge on any atom is 0.339 e. The molecule has 4 N–H and O–H groups in total.